The van der Waals surface area contributed by atoms with Gasteiger partial charge >= 0.3 is 18.1 Å². The standard InChI is InChI=1S/C17H17F3N2O6/c1-27-15(25)10-4-3-9(17(18,19)20)7-12(10)21-13-11(16(26)28-2)8-22(5-6-23)14(13)24/h3-4,7,21,23H,5-6,8H2,1-2H3. The summed E-state index contributed by atoms with van der Waals surface area (Å²) in [5.41, 5.74) is -2.18. The third kappa shape index (κ3) is 4.25. The maximum absolute atomic E-state index is 13.1. The normalized spacial score (nSPS) is 14.4. The number of halogens is 3. The Morgan fingerprint density at radius 2 is 1.86 bits per heavy atom. The Labute approximate surface area is 157 Å². The van der Waals surface area contributed by atoms with Crippen molar-refractivity contribution in [3.8, 4) is 0 Å². The minimum atomic E-state index is -4.70. The van der Waals surface area contributed by atoms with Crippen molar-refractivity contribution >= 4 is 23.5 Å². The number of rotatable bonds is 6. The number of aliphatic hydroxyl groups excluding tert-OH is 1. The summed E-state index contributed by atoms with van der Waals surface area (Å²) in [6.07, 6.45) is -4.70. The van der Waals surface area contributed by atoms with E-state index in [4.69, 9.17) is 5.11 Å². The van der Waals surface area contributed by atoms with Crippen molar-refractivity contribution in [2.24, 2.45) is 0 Å². The van der Waals surface area contributed by atoms with E-state index >= 15 is 0 Å². The van der Waals surface area contributed by atoms with Crippen LogP contribution in [-0.2, 0) is 25.2 Å². The minimum absolute atomic E-state index is 0.100. The zero-order valence-electron chi connectivity index (χ0n) is 14.9. The highest BCUT2D eigenvalue weighted by Gasteiger charge is 2.36. The van der Waals surface area contributed by atoms with E-state index in [0.717, 1.165) is 25.2 Å². The Balaban J connectivity index is 2.54. The van der Waals surface area contributed by atoms with Gasteiger partial charge < -0.3 is 24.8 Å². The molecule has 0 fully saturated rings. The van der Waals surface area contributed by atoms with Crippen molar-refractivity contribution < 1.29 is 42.1 Å². The predicted octanol–water partition coefficient (Wildman–Crippen LogP) is 1.17. The van der Waals surface area contributed by atoms with Crippen LogP contribution in [0.1, 0.15) is 15.9 Å². The van der Waals surface area contributed by atoms with Crippen LogP contribution in [0.25, 0.3) is 0 Å². The Bertz CT molecular complexity index is 835. The van der Waals surface area contributed by atoms with E-state index in [1.54, 1.807) is 0 Å². The number of alkyl halides is 3. The van der Waals surface area contributed by atoms with Gasteiger partial charge in [-0.3, -0.25) is 4.79 Å². The molecule has 11 heteroatoms. The maximum atomic E-state index is 13.1. The van der Waals surface area contributed by atoms with Crippen molar-refractivity contribution in [1.82, 2.24) is 4.90 Å². The summed E-state index contributed by atoms with van der Waals surface area (Å²) in [7, 11) is 2.13. The van der Waals surface area contributed by atoms with E-state index in [2.05, 4.69) is 14.8 Å². The number of hydrogen-bond donors (Lipinski definition) is 2. The number of nitrogens with one attached hydrogen (secondary N) is 1. The first kappa shape index (κ1) is 21.2. The van der Waals surface area contributed by atoms with Gasteiger partial charge in [-0.2, -0.15) is 13.2 Å². The second-order valence-corrected chi connectivity index (χ2v) is 5.67. The van der Waals surface area contributed by atoms with Gasteiger partial charge in [0.15, 0.2) is 0 Å². The maximum Gasteiger partial charge on any atom is 0.416 e. The number of hydrogen-bond acceptors (Lipinski definition) is 7. The second-order valence-electron chi connectivity index (χ2n) is 5.67. The number of carbonyl (C=O) groups excluding carboxylic acids is 3. The molecule has 28 heavy (non-hydrogen) atoms. The molecule has 0 aromatic heterocycles. The first-order valence-electron chi connectivity index (χ1n) is 7.92. The third-order valence-electron chi connectivity index (χ3n) is 3.97. The van der Waals surface area contributed by atoms with Crippen LogP contribution in [0.15, 0.2) is 29.5 Å². The van der Waals surface area contributed by atoms with Crippen molar-refractivity contribution in [3.05, 3.63) is 40.6 Å². The smallest absolute Gasteiger partial charge is 0.416 e. The molecular weight excluding hydrogens is 385 g/mol. The molecule has 1 aromatic rings. The number of anilines is 1. The molecule has 0 bridgehead atoms. The highest BCUT2D eigenvalue weighted by molar-refractivity contribution is 6.09. The van der Waals surface area contributed by atoms with Gasteiger partial charge in [-0.15, -0.1) is 0 Å². The largest absolute Gasteiger partial charge is 0.466 e. The monoisotopic (exact) mass is 402 g/mol. The molecule has 0 saturated heterocycles. The molecule has 0 spiro atoms. The quantitative estimate of drug-likeness (QED) is 0.688. The van der Waals surface area contributed by atoms with E-state index in [1.165, 1.54) is 0 Å². The molecule has 1 aliphatic rings. The van der Waals surface area contributed by atoms with Crippen molar-refractivity contribution in [2.75, 3.05) is 39.2 Å². The summed E-state index contributed by atoms with van der Waals surface area (Å²) < 4.78 is 48.3. The van der Waals surface area contributed by atoms with Crippen LogP contribution in [0, 0.1) is 0 Å². The highest BCUT2D eigenvalue weighted by Crippen LogP contribution is 2.34. The predicted molar refractivity (Wildman–Crippen MR) is 89.1 cm³/mol. The molecule has 1 aliphatic heterocycles. The molecule has 152 valence electrons. The lowest BCUT2D eigenvalue weighted by atomic mass is 10.1. The summed E-state index contributed by atoms with van der Waals surface area (Å²) >= 11 is 0. The number of β-amino-alcohol motifs (C(OH)–C–C–N with tert-alkyl or cyclic N) is 1. The fraction of sp³-hybridized carbons (Fsp3) is 0.353. The average Bonchev–Trinajstić information content (AvgIpc) is 2.96. The topological polar surface area (TPSA) is 105 Å². The number of esters is 2. The van der Waals surface area contributed by atoms with E-state index in [0.29, 0.717) is 12.1 Å². The summed E-state index contributed by atoms with van der Waals surface area (Å²) in [6, 6.07) is 2.23. The molecule has 1 aromatic carbocycles. The zero-order valence-corrected chi connectivity index (χ0v) is 14.9. The third-order valence-corrected chi connectivity index (χ3v) is 3.97. The fourth-order valence-electron chi connectivity index (χ4n) is 2.60. The second kappa shape index (κ2) is 8.30. The lowest BCUT2D eigenvalue weighted by molar-refractivity contribution is -0.138. The van der Waals surface area contributed by atoms with Crippen LogP contribution in [0.2, 0.25) is 0 Å². The Kier molecular flexibility index (Phi) is 6.29. The first-order valence-corrected chi connectivity index (χ1v) is 7.92. The van der Waals surface area contributed by atoms with E-state index in [1.807, 2.05) is 0 Å². The Morgan fingerprint density at radius 3 is 2.39 bits per heavy atom. The molecule has 0 atom stereocenters. The number of aliphatic hydroxyl groups is 1. The molecule has 0 radical (unpaired) electrons. The van der Waals surface area contributed by atoms with E-state index < -0.39 is 29.6 Å². The van der Waals surface area contributed by atoms with Crippen LogP contribution in [0.5, 0.6) is 0 Å². The van der Waals surface area contributed by atoms with Gasteiger partial charge in [0.25, 0.3) is 5.91 Å². The molecule has 8 nitrogen and oxygen atoms in total. The van der Waals surface area contributed by atoms with Crippen LogP contribution < -0.4 is 5.32 Å². The SMILES string of the molecule is COC(=O)C1=C(Nc2cc(C(F)(F)F)ccc2C(=O)OC)C(=O)N(CCO)C1. The van der Waals surface area contributed by atoms with Crippen LogP contribution in [-0.4, -0.2) is 61.8 Å². The summed E-state index contributed by atoms with van der Waals surface area (Å²) in [6.45, 7) is -0.692. The molecule has 2 N–H and O–H groups in total. The summed E-state index contributed by atoms with van der Waals surface area (Å²) in [5.74, 6) is -2.54. The number of ether oxygens (including phenoxy) is 2. The van der Waals surface area contributed by atoms with Gasteiger partial charge in [-0.1, -0.05) is 0 Å². The number of nitrogens with zero attached hydrogens (tertiary/aromatic N) is 1. The molecule has 1 heterocycles. The number of methoxy groups -OCH3 is 2. The van der Waals surface area contributed by atoms with Crippen LogP contribution in [0.4, 0.5) is 18.9 Å². The Hall–Kier alpha value is -3.08. The number of amides is 1. The minimum Gasteiger partial charge on any atom is -0.466 e. The fourth-order valence-corrected chi connectivity index (χ4v) is 2.60. The van der Waals surface area contributed by atoms with E-state index in [9.17, 15) is 27.6 Å². The summed E-state index contributed by atoms with van der Waals surface area (Å²) in [5, 5.41) is 11.5. The van der Waals surface area contributed by atoms with Crippen LogP contribution >= 0.6 is 0 Å². The Morgan fingerprint density at radius 1 is 1.21 bits per heavy atom. The van der Waals surface area contributed by atoms with Crippen molar-refractivity contribution in [2.45, 2.75) is 6.18 Å². The highest BCUT2D eigenvalue weighted by atomic mass is 19.4. The van der Waals surface area contributed by atoms with Gasteiger partial charge in [0, 0.05) is 6.54 Å². The molecule has 2 rings (SSSR count). The molecule has 0 unspecified atom stereocenters. The lowest BCUT2D eigenvalue weighted by Gasteiger charge is -2.17. The summed E-state index contributed by atoms with van der Waals surface area (Å²) in [4.78, 5) is 37.5. The number of benzene rings is 1. The lowest BCUT2D eigenvalue weighted by Crippen LogP contribution is -2.31. The van der Waals surface area contributed by atoms with Gasteiger partial charge in [0.2, 0.25) is 0 Å². The number of carbonyl (C=O) groups is 3. The molecule has 0 aliphatic carbocycles. The molecule has 1 amide bonds. The van der Waals surface area contributed by atoms with Gasteiger partial charge in [-0.05, 0) is 18.2 Å². The van der Waals surface area contributed by atoms with Gasteiger partial charge in [0.05, 0.1) is 49.8 Å². The molecular formula is C17H17F3N2O6. The first-order chi connectivity index (χ1) is 13.1. The van der Waals surface area contributed by atoms with Gasteiger partial charge in [-0.25, -0.2) is 9.59 Å². The van der Waals surface area contributed by atoms with Crippen LogP contribution in [0.3, 0.4) is 0 Å². The van der Waals surface area contributed by atoms with Crippen molar-refractivity contribution in [1.29, 1.82) is 0 Å². The molecule has 0 saturated carbocycles. The average molecular weight is 402 g/mol. The van der Waals surface area contributed by atoms with Gasteiger partial charge in [0.1, 0.15) is 5.70 Å². The van der Waals surface area contributed by atoms with Crippen molar-refractivity contribution in [3.63, 3.8) is 0 Å². The zero-order chi connectivity index (χ0) is 21.1. The van der Waals surface area contributed by atoms with E-state index in [-0.39, 0.29) is 42.2 Å².